The molecule has 4 heteroatoms. The molecule has 8 heavy (non-hydrogen) atoms. The Labute approximate surface area is 60.1 Å². The normalized spacial score (nSPS) is 8.75. The largest absolute Gasteiger partial charge is 0.354 e. The summed E-state index contributed by atoms with van der Waals surface area (Å²) >= 11 is 9.25. The van der Waals surface area contributed by atoms with Crippen molar-refractivity contribution in [2.45, 2.75) is 19.8 Å². The molecule has 0 bridgehead atoms. The van der Waals surface area contributed by atoms with Crippen LogP contribution in [0.1, 0.15) is 19.8 Å². The van der Waals surface area contributed by atoms with Gasteiger partial charge < -0.3 is 5.11 Å². The van der Waals surface area contributed by atoms with Gasteiger partial charge in [-0.2, -0.15) is 0 Å². The Morgan fingerprint density at radius 3 is 2.25 bits per heavy atom. The lowest BCUT2D eigenvalue weighted by Gasteiger charge is -1.86. The Morgan fingerprint density at radius 1 is 1.62 bits per heavy atom. The number of aliphatic hydroxyl groups excluding tert-OH is 1. The SMILES string of the molecule is CCCC(O)=S(=S)=S. The lowest BCUT2D eigenvalue weighted by atomic mass is 10.4. The van der Waals surface area contributed by atoms with Gasteiger partial charge in [0, 0.05) is 6.42 Å². The third-order valence-electron chi connectivity index (χ3n) is 0.656. The van der Waals surface area contributed by atoms with E-state index in [4.69, 9.17) is 5.11 Å². The minimum Gasteiger partial charge on any atom is -0.354 e. The van der Waals surface area contributed by atoms with Crippen LogP contribution in [0.5, 0.6) is 0 Å². The molecular weight excluding hydrogens is 160 g/mol. The smallest absolute Gasteiger partial charge is 0.113 e. The van der Waals surface area contributed by atoms with E-state index in [2.05, 4.69) is 22.4 Å². The number of hydrogen-bond donors (Lipinski definition) is 1. The van der Waals surface area contributed by atoms with Crippen LogP contribution in [0, 0.1) is 0 Å². The first-order valence-electron chi connectivity index (χ1n) is 2.32. The standard InChI is InChI=1S/C4H8OS3/c1-2-3-4(5)8(6)7/h5H,2-3H2,1H3. The van der Waals surface area contributed by atoms with E-state index in [0.29, 0.717) is 6.42 Å². The molecule has 0 unspecified atom stereocenters. The fourth-order valence-electron chi connectivity index (χ4n) is 0.297. The van der Waals surface area contributed by atoms with Crippen molar-refractivity contribution in [2.24, 2.45) is 0 Å². The minimum atomic E-state index is -0.721. The molecule has 0 aromatic carbocycles. The molecule has 0 radical (unpaired) electrons. The van der Waals surface area contributed by atoms with E-state index in [0.717, 1.165) is 6.42 Å². The Morgan fingerprint density at radius 2 is 2.12 bits per heavy atom. The van der Waals surface area contributed by atoms with Crippen molar-refractivity contribution in [2.75, 3.05) is 0 Å². The summed E-state index contributed by atoms with van der Waals surface area (Å²) in [6.07, 6.45) is 1.58. The van der Waals surface area contributed by atoms with Crippen LogP contribution < -0.4 is 0 Å². The van der Waals surface area contributed by atoms with Gasteiger partial charge in [-0.05, 0) is 36.4 Å². The second-order valence-electron chi connectivity index (χ2n) is 1.38. The summed E-state index contributed by atoms with van der Waals surface area (Å²) in [6, 6.07) is 0. The minimum absolute atomic E-state index is 0.289. The molecule has 0 saturated heterocycles. The molecular formula is C4H8OS3. The zero-order valence-corrected chi connectivity index (χ0v) is 7.04. The summed E-state index contributed by atoms with van der Waals surface area (Å²) in [5.41, 5.74) is 0. The molecule has 0 fully saturated rings. The predicted molar refractivity (Wildman–Crippen MR) is 44.6 cm³/mol. The summed E-state index contributed by atoms with van der Waals surface area (Å²) < 4.78 is 0. The van der Waals surface area contributed by atoms with E-state index < -0.39 is 7.60 Å². The lowest BCUT2D eigenvalue weighted by Crippen LogP contribution is -1.93. The summed E-state index contributed by atoms with van der Waals surface area (Å²) in [5.74, 6) is 0. The van der Waals surface area contributed by atoms with E-state index in [1.165, 1.54) is 0 Å². The zero-order valence-electron chi connectivity index (χ0n) is 4.59. The van der Waals surface area contributed by atoms with E-state index in [9.17, 15) is 0 Å². The van der Waals surface area contributed by atoms with Crippen LogP contribution >= 0.6 is 0 Å². The molecule has 0 atom stereocenters. The monoisotopic (exact) mass is 168 g/mol. The van der Waals surface area contributed by atoms with E-state index in [-0.39, 0.29) is 5.05 Å². The molecule has 1 nitrogen and oxygen atoms in total. The summed E-state index contributed by atoms with van der Waals surface area (Å²) in [4.78, 5) is 0. The third-order valence-corrected chi connectivity index (χ3v) is 2.40. The van der Waals surface area contributed by atoms with Gasteiger partial charge in [0.2, 0.25) is 0 Å². The summed E-state index contributed by atoms with van der Waals surface area (Å²) in [7, 11) is -0.721. The van der Waals surface area contributed by atoms with Gasteiger partial charge in [-0.15, -0.1) is 0 Å². The second-order valence-corrected chi connectivity index (χ2v) is 4.95. The Bertz CT molecular complexity index is 169. The zero-order chi connectivity index (χ0) is 6.57. The van der Waals surface area contributed by atoms with Crippen molar-refractivity contribution in [3.05, 3.63) is 0 Å². The van der Waals surface area contributed by atoms with Crippen molar-refractivity contribution in [1.82, 2.24) is 0 Å². The van der Waals surface area contributed by atoms with E-state index in [1.807, 2.05) is 6.92 Å². The van der Waals surface area contributed by atoms with Crippen molar-refractivity contribution in [3.8, 4) is 0 Å². The maximum atomic E-state index is 8.85. The first-order valence-corrected chi connectivity index (χ1v) is 5.40. The molecule has 0 aliphatic heterocycles. The Hall–Kier alpha value is 0.490. The number of hydrogen-bond acceptors (Lipinski definition) is 2. The van der Waals surface area contributed by atoms with Gasteiger partial charge in [-0.3, -0.25) is 0 Å². The van der Waals surface area contributed by atoms with Crippen LogP contribution in [0.4, 0.5) is 0 Å². The van der Waals surface area contributed by atoms with E-state index >= 15 is 0 Å². The average Bonchev–Trinajstić information content (AvgIpc) is 1.67. The third kappa shape index (κ3) is 3.49. The number of aliphatic hydroxyl groups is 1. The molecule has 1 N–H and O–H groups in total. The molecule has 48 valence electrons. The fourth-order valence-corrected chi connectivity index (χ4v) is 1.17. The fraction of sp³-hybridized carbons (Fsp3) is 0.750. The van der Waals surface area contributed by atoms with Crippen molar-refractivity contribution >= 4 is 35.0 Å². The van der Waals surface area contributed by atoms with Gasteiger partial charge in [0.25, 0.3) is 0 Å². The molecule has 0 rings (SSSR count). The molecule has 0 amide bonds. The van der Waals surface area contributed by atoms with Gasteiger partial charge in [0.15, 0.2) is 0 Å². The van der Waals surface area contributed by atoms with Crippen LogP contribution in [0.3, 0.4) is 0 Å². The van der Waals surface area contributed by atoms with Crippen molar-refractivity contribution in [1.29, 1.82) is 0 Å². The van der Waals surface area contributed by atoms with Gasteiger partial charge in [0.1, 0.15) is 5.05 Å². The van der Waals surface area contributed by atoms with Gasteiger partial charge in [-0.1, -0.05) is 6.92 Å². The van der Waals surface area contributed by atoms with E-state index in [1.54, 1.807) is 0 Å². The van der Waals surface area contributed by atoms with Gasteiger partial charge in [-0.25, -0.2) is 0 Å². The topological polar surface area (TPSA) is 20.2 Å². The maximum absolute atomic E-state index is 8.85. The van der Waals surface area contributed by atoms with Gasteiger partial charge in [0.05, 0.1) is 0 Å². The highest BCUT2D eigenvalue weighted by molar-refractivity contribution is 8.45. The van der Waals surface area contributed by atoms with Gasteiger partial charge >= 0.3 is 0 Å². The highest BCUT2D eigenvalue weighted by Gasteiger charge is 1.85. The highest BCUT2D eigenvalue weighted by atomic mass is 33.1. The molecule has 0 saturated carbocycles. The molecule has 0 aliphatic carbocycles. The van der Waals surface area contributed by atoms with Crippen LogP contribution in [-0.2, 0) is 30.0 Å². The summed E-state index contributed by atoms with van der Waals surface area (Å²) in [5, 5.41) is 9.14. The van der Waals surface area contributed by atoms with Crippen LogP contribution in [0.15, 0.2) is 0 Å². The summed E-state index contributed by atoms with van der Waals surface area (Å²) in [6.45, 7) is 1.98. The Kier molecular flexibility index (Phi) is 4.64. The van der Waals surface area contributed by atoms with Crippen LogP contribution in [0.2, 0.25) is 0 Å². The second kappa shape index (κ2) is 4.38. The predicted octanol–water partition coefficient (Wildman–Crippen LogP) is 1.02. The first-order chi connectivity index (χ1) is 3.68. The molecule has 0 aromatic rings. The molecule has 0 heterocycles. The highest BCUT2D eigenvalue weighted by Crippen LogP contribution is 1.84. The van der Waals surface area contributed by atoms with Crippen LogP contribution in [-0.4, -0.2) is 10.2 Å². The first kappa shape index (κ1) is 8.49. The average molecular weight is 168 g/mol. The number of rotatable bonds is 2. The Balaban J connectivity index is 4.03. The molecule has 0 aliphatic rings. The van der Waals surface area contributed by atoms with Crippen molar-refractivity contribution < 1.29 is 5.11 Å². The van der Waals surface area contributed by atoms with Crippen LogP contribution in [0.25, 0.3) is 0 Å². The molecule has 0 spiro atoms. The lowest BCUT2D eigenvalue weighted by molar-refractivity contribution is 0.546. The maximum Gasteiger partial charge on any atom is 0.113 e. The molecule has 0 aromatic heterocycles. The van der Waals surface area contributed by atoms with Crippen molar-refractivity contribution in [3.63, 3.8) is 0 Å². The quantitative estimate of drug-likeness (QED) is 0.622.